The molecular weight excluding hydrogens is 307 g/mol. The maximum Gasteiger partial charge on any atom is 0.255 e. The quantitative estimate of drug-likeness (QED) is 0.867. The molecule has 2 heterocycles. The van der Waals surface area contributed by atoms with Gasteiger partial charge in [0.05, 0.1) is 17.8 Å². The van der Waals surface area contributed by atoms with E-state index in [1.807, 2.05) is 30.3 Å². The Morgan fingerprint density at radius 1 is 1.29 bits per heavy atom. The van der Waals surface area contributed by atoms with Crippen molar-refractivity contribution in [2.45, 2.75) is 12.6 Å². The minimum Gasteiger partial charge on any atom is -0.335 e. The molecule has 0 aliphatic carbocycles. The second kappa shape index (κ2) is 7.20. The minimum atomic E-state index is -0.541. The Bertz CT molecular complexity index is 759. The van der Waals surface area contributed by atoms with Gasteiger partial charge in [-0.25, -0.2) is 4.39 Å². The third kappa shape index (κ3) is 3.58. The second-order valence-electron chi connectivity index (χ2n) is 5.74. The summed E-state index contributed by atoms with van der Waals surface area (Å²) < 4.78 is 13.2. The number of amides is 1. The molecule has 0 saturated carbocycles. The highest BCUT2D eigenvalue weighted by Crippen LogP contribution is 2.16. The van der Waals surface area contributed by atoms with Crippen molar-refractivity contribution in [1.29, 1.82) is 5.26 Å². The first-order valence-electron chi connectivity index (χ1n) is 7.75. The Balaban J connectivity index is 1.68. The zero-order chi connectivity index (χ0) is 16.9. The molecule has 1 aliphatic heterocycles. The summed E-state index contributed by atoms with van der Waals surface area (Å²) in [5, 5.41) is 9.45. The van der Waals surface area contributed by atoms with Gasteiger partial charge in [-0.15, -0.1) is 0 Å². The zero-order valence-corrected chi connectivity index (χ0v) is 13.1. The Kier molecular flexibility index (Phi) is 4.82. The number of benzene rings is 1. The van der Waals surface area contributed by atoms with Crippen LogP contribution in [-0.4, -0.2) is 46.4 Å². The number of carbonyl (C=O) groups excluding carboxylic acids is 1. The number of hydrogen-bond donors (Lipinski definition) is 0. The molecule has 1 fully saturated rings. The predicted octanol–water partition coefficient (Wildman–Crippen LogP) is 2.07. The van der Waals surface area contributed by atoms with E-state index in [4.69, 9.17) is 0 Å². The number of rotatable bonds is 3. The summed E-state index contributed by atoms with van der Waals surface area (Å²) in [6.07, 6.45) is 2.41. The van der Waals surface area contributed by atoms with Gasteiger partial charge < -0.3 is 4.90 Å². The number of piperazine rings is 1. The Labute approximate surface area is 139 Å². The fourth-order valence-electron chi connectivity index (χ4n) is 2.85. The lowest BCUT2D eigenvalue weighted by atomic mass is 10.1. The molecule has 0 spiro atoms. The molecule has 6 heteroatoms. The molecular formula is C18H17FN4O. The Morgan fingerprint density at radius 2 is 2.08 bits per heavy atom. The summed E-state index contributed by atoms with van der Waals surface area (Å²) in [5.74, 6) is -0.831. The number of nitrogens with zero attached hydrogens (tertiary/aromatic N) is 4. The first-order chi connectivity index (χ1) is 11.7. The van der Waals surface area contributed by atoms with Gasteiger partial charge in [0.15, 0.2) is 0 Å². The molecule has 5 nitrogen and oxygen atoms in total. The van der Waals surface area contributed by atoms with Gasteiger partial charge in [-0.05, 0) is 11.6 Å². The highest BCUT2D eigenvalue weighted by molar-refractivity contribution is 5.94. The largest absolute Gasteiger partial charge is 0.335 e. The van der Waals surface area contributed by atoms with Crippen LogP contribution in [0.4, 0.5) is 4.39 Å². The molecule has 1 saturated heterocycles. The lowest BCUT2D eigenvalue weighted by molar-refractivity contribution is 0.0551. The third-order valence-corrected chi connectivity index (χ3v) is 4.11. The van der Waals surface area contributed by atoms with Gasteiger partial charge in [-0.3, -0.25) is 14.7 Å². The number of carbonyl (C=O) groups is 1. The summed E-state index contributed by atoms with van der Waals surface area (Å²) in [4.78, 5) is 19.8. The zero-order valence-electron chi connectivity index (χ0n) is 13.1. The molecule has 1 aliphatic rings. The van der Waals surface area contributed by atoms with Crippen molar-refractivity contribution in [3.05, 3.63) is 65.7 Å². The highest BCUT2D eigenvalue weighted by atomic mass is 19.1. The van der Waals surface area contributed by atoms with E-state index >= 15 is 0 Å². The summed E-state index contributed by atoms with van der Waals surface area (Å²) in [6, 6.07) is 13.0. The van der Waals surface area contributed by atoms with Gasteiger partial charge in [-0.2, -0.15) is 5.26 Å². The van der Waals surface area contributed by atoms with Crippen LogP contribution in [0, 0.1) is 17.1 Å². The van der Waals surface area contributed by atoms with Gasteiger partial charge in [-0.1, -0.05) is 30.3 Å². The topological polar surface area (TPSA) is 60.2 Å². The van der Waals surface area contributed by atoms with Crippen molar-refractivity contribution in [2.75, 3.05) is 19.6 Å². The van der Waals surface area contributed by atoms with E-state index in [9.17, 15) is 14.4 Å². The van der Waals surface area contributed by atoms with Gasteiger partial charge in [0, 0.05) is 32.4 Å². The monoisotopic (exact) mass is 324 g/mol. The van der Waals surface area contributed by atoms with Crippen molar-refractivity contribution in [2.24, 2.45) is 0 Å². The first-order valence-corrected chi connectivity index (χ1v) is 7.75. The fourth-order valence-corrected chi connectivity index (χ4v) is 2.85. The van der Waals surface area contributed by atoms with Gasteiger partial charge >= 0.3 is 0 Å². The van der Waals surface area contributed by atoms with Gasteiger partial charge in [0.2, 0.25) is 0 Å². The molecule has 1 amide bonds. The lowest BCUT2D eigenvalue weighted by Gasteiger charge is -2.38. The van der Waals surface area contributed by atoms with Crippen LogP contribution >= 0.6 is 0 Å². The predicted molar refractivity (Wildman–Crippen MR) is 86.4 cm³/mol. The van der Waals surface area contributed by atoms with E-state index in [0.29, 0.717) is 26.2 Å². The van der Waals surface area contributed by atoms with Gasteiger partial charge in [0.1, 0.15) is 11.9 Å². The van der Waals surface area contributed by atoms with Crippen LogP contribution in [-0.2, 0) is 6.54 Å². The minimum absolute atomic E-state index is 0.211. The molecule has 1 atom stereocenters. The smallest absolute Gasteiger partial charge is 0.255 e. The second-order valence-corrected chi connectivity index (χ2v) is 5.74. The summed E-state index contributed by atoms with van der Waals surface area (Å²) >= 11 is 0. The Hall–Kier alpha value is -2.78. The van der Waals surface area contributed by atoms with Crippen LogP contribution in [0.5, 0.6) is 0 Å². The third-order valence-electron chi connectivity index (χ3n) is 4.11. The first kappa shape index (κ1) is 16.1. The summed E-state index contributed by atoms with van der Waals surface area (Å²) in [7, 11) is 0. The maximum atomic E-state index is 13.2. The van der Waals surface area contributed by atoms with Crippen LogP contribution < -0.4 is 0 Å². The number of nitriles is 1. The molecule has 2 aromatic rings. The highest BCUT2D eigenvalue weighted by Gasteiger charge is 2.30. The molecule has 0 N–H and O–H groups in total. The fraction of sp³-hybridized carbons (Fsp3) is 0.278. The molecule has 1 aromatic heterocycles. The SMILES string of the molecule is N#C[C@H]1CN(C(=O)c2cncc(F)c2)CCN1Cc1ccccc1. The van der Waals surface area contributed by atoms with Crippen molar-refractivity contribution in [1.82, 2.24) is 14.8 Å². The number of aromatic nitrogens is 1. The molecule has 122 valence electrons. The van der Waals surface area contributed by atoms with E-state index in [2.05, 4.69) is 16.0 Å². The maximum absolute atomic E-state index is 13.2. The van der Waals surface area contributed by atoms with E-state index in [0.717, 1.165) is 11.8 Å². The summed E-state index contributed by atoms with van der Waals surface area (Å²) in [5.41, 5.74) is 1.34. The molecule has 24 heavy (non-hydrogen) atoms. The van der Waals surface area contributed by atoms with E-state index in [-0.39, 0.29) is 17.5 Å². The van der Waals surface area contributed by atoms with Gasteiger partial charge in [0.25, 0.3) is 5.91 Å². The van der Waals surface area contributed by atoms with Crippen LogP contribution in [0.1, 0.15) is 15.9 Å². The number of halogens is 1. The average molecular weight is 324 g/mol. The average Bonchev–Trinajstić information content (AvgIpc) is 2.62. The molecule has 0 unspecified atom stereocenters. The van der Waals surface area contributed by atoms with Crippen LogP contribution in [0.3, 0.4) is 0 Å². The standard InChI is InChI=1S/C18H17FN4O/c19-16-8-15(10-21-11-16)18(24)23-7-6-22(17(9-20)13-23)12-14-4-2-1-3-5-14/h1-5,8,10-11,17H,6-7,12-13H2/t17-/m0/s1. The normalized spacial score (nSPS) is 18.2. The number of pyridine rings is 1. The van der Waals surface area contributed by atoms with Crippen molar-refractivity contribution >= 4 is 5.91 Å². The lowest BCUT2D eigenvalue weighted by Crippen LogP contribution is -2.53. The van der Waals surface area contributed by atoms with Crippen molar-refractivity contribution in [3.63, 3.8) is 0 Å². The van der Waals surface area contributed by atoms with Crippen LogP contribution in [0.25, 0.3) is 0 Å². The van der Waals surface area contributed by atoms with E-state index < -0.39 is 5.82 Å². The van der Waals surface area contributed by atoms with Crippen molar-refractivity contribution in [3.8, 4) is 6.07 Å². The molecule has 0 radical (unpaired) electrons. The van der Waals surface area contributed by atoms with E-state index in [1.165, 1.54) is 12.3 Å². The summed E-state index contributed by atoms with van der Waals surface area (Å²) in [6.45, 7) is 2.07. The Morgan fingerprint density at radius 3 is 2.79 bits per heavy atom. The van der Waals surface area contributed by atoms with Crippen LogP contribution in [0.15, 0.2) is 48.8 Å². The van der Waals surface area contributed by atoms with E-state index in [1.54, 1.807) is 4.90 Å². The molecule has 3 rings (SSSR count). The number of hydrogen-bond acceptors (Lipinski definition) is 4. The molecule has 0 bridgehead atoms. The van der Waals surface area contributed by atoms with Crippen molar-refractivity contribution < 1.29 is 9.18 Å². The van der Waals surface area contributed by atoms with Crippen LogP contribution in [0.2, 0.25) is 0 Å². The molecule has 1 aromatic carbocycles.